The lowest BCUT2D eigenvalue weighted by Crippen LogP contribution is -2.42. The molecule has 1 aromatic rings. The predicted molar refractivity (Wildman–Crippen MR) is 79.5 cm³/mol. The van der Waals surface area contributed by atoms with Gasteiger partial charge in [-0.05, 0) is 41.4 Å². The number of amides is 1. The Labute approximate surface area is 125 Å². The molecule has 1 rings (SSSR count). The van der Waals surface area contributed by atoms with Crippen molar-refractivity contribution >= 4 is 39.1 Å². The summed E-state index contributed by atoms with van der Waals surface area (Å²) in [5.41, 5.74) is 0. The van der Waals surface area contributed by atoms with Crippen LogP contribution in [0.2, 0.25) is 0 Å². The van der Waals surface area contributed by atoms with E-state index in [2.05, 4.69) is 21.2 Å². The van der Waals surface area contributed by atoms with Crippen LogP contribution in [0.4, 0.5) is 0 Å². The fourth-order valence-corrected chi connectivity index (χ4v) is 3.13. The van der Waals surface area contributed by atoms with Gasteiger partial charge in [-0.1, -0.05) is 19.8 Å². The molecule has 1 unspecified atom stereocenters. The third-order valence-electron chi connectivity index (χ3n) is 2.87. The minimum absolute atomic E-state index is 0.238. The molecule has 106 valence electrons. The summed E-state index contributed by atoms with van der Waals surface area (Å²) in [6.45, 7) is 3.78. The first kappa shape index (κ1) is 16.2. The summed E-state index contributed by atoms with van der Waals surface area (Å²) >= 11 is 4.84. The number of carboxylic acids is 1. The molecule has 4 nitrogen and oxygen atoms in total. The number of carbonyl (C=O) groups is 2. The van der Waals surface area contributed by atoms with Gasteiger partial charge in [0.15, 0.2) is 0 Å². The number of rotatable bonds is 7. The first-order chi connectivity index (χ1) is 8.95. The lowest BCUT2D eigenvalue weighted by atomic mass is 10.1. The second kappa shape index (κ2) is 7.65. The second-order valence-electron chi connectivity index (χ2n) is 4.41. The van der Waals surface area contributed by atoms with Crippen molar-refractivity contribution in [3.63, 3.8) is 0 Å². The molecule has 0 saturated heterocycles. The Morgan fingerprint density at radius 3 is 2.63 bits per heavy atom. The monoisotopic (exact) mass is 347 g/mol. The van der Waals surface area contributed by atoms with Crippen LogP contribution in [0.15, 0.2) is 15.9 Å². The lowest BCUT2D eigenvalue weighted by Gasteiger charge is -2.17. The highest BCUT2D eigenvalue weighted by atomic mass is 79.9. The molecule has 0 saturated carbocycles. The largest absolute Gasteiger partial charge is 0.480 e. The predicted octanol–water partition coefficient (Wildman–Crippen LogP) is 3.37. The van der Waals surface area contributed by atoms with E-state index in [0.29, 0.717) is 6.42 Å². The van der Waals surface area contributed by atoms with Crippen LogP contribution in [0.5, 0.6) is 0 Å². The van der Waals surface area contributed by atoms with Crippen molar-refractivity contribution in [2.75, 3.05) is 0 Å². The number of unbranched alkanes of at least 4 members (excludes halogenated alkanes) is 1. The smallest absolute Gasteiger partial charge is 0.326 e. The van der Waals surface area contributed by atoms with E-state index in [0.717, 1.165) is 21.5 Å². The summed E-state index contributed by atoms with van der Waals surface area (Å²) in [6, 6.07) is 2.97. The highest BCUT2D eigenvalue weighted by Crippen LogP contribution is 2.28. The van der Waals surface area contributed by atoms with Gasteiger partial charge in [-0.25, -0.2) is 4.79 Å². The molecule has 6 heteroatoms. The molecule has 1 amide bonds. The number of nitrogens with one attached hydrogen (secondary N) is 1. The minimum Gasteiger partial charge on any atom is -0.480 e. The molecule has 0 aliphatic rings. The summed E-state index contributed by atoms with van der Waals surface area (Å²) in [5, 5.41) is 11.7. The van der Waals surface area contributed by atoms with Crippen molar-refractivity contribution < 1.29 is 14.7 Å². The summed E-state index contributed by atoms with van der Waals surface area (Å²) in [5.74, 6) is -1.54. The zero-order valence-corrected chi connectivity index (χ0v) is 13.4. The van der Waals surface area contributed by atoms with Crippen LogP contribution in [-0.2, 0) is 9.59 Å². The number of hydrogen-bond acceptors (Lipinski definition) is 3. The molecular formula is C13H18BrNO3S. The SMILES string of the molecule is CCCC[C@H](NC(=O)C(C)c1ccc(Br)s1)C(=O)O. The zero-order chi connectivity index (χ0) is 14.4. The molecule has 0 bridgehead atoms. The molecule has 0 aliphatic heterocycles. The van der Waals surface area contributed by atoms with Crippen LogP contribution in [0.1, 0.15) is 43.9 Å². The molecule has 2 atom stereocenters. The minimum atomic E-state index is -0.971. The Bertz CT molecular complexity index is 447. The normalized spacial score (nSPS) is 13.8. The van der Waals surface area contributed by atoms with Crippen LogP contribution >= 0.6 is 27.3 Å². The number of hydrogen-bond donors (Lipinski definition) is 2. The molecule has 1 heterocycles. The second-order valence-corrected chi connectivity index (χ2v) is 6.90. The maximum atomic E-state index is 12.0. The molecule has 19 heavy (non-hydrogen) atoms. The van der Waals surface area contributed by atoms with Gasteiger partial charge in [0, 0.05) is 4.88 Å². The van der Waals surface area contributed by atoms with Gasteiger partial charge in [-0.15, -0.1) is 11.3 Å². The summed E-state index contributed by atoms with van der Waals surface area (Å²) in [7, 11) is 0. The quantitative estimate of drug-likeness (QED) is 0.794. The van der Waals surface area contributed by atoms with E-state index in [-0.39, 0.29) is 11.8 Å². The van der Waals surface area contributed by atoms with Gasteiger partial charge in [-0.2, -0.15) is 0 Å². The van der Waals surface area contributed by atoms with Gasteiger partial charge in [-0.3, -0.25) is 4.79 Å². The van der Waals surface area contributed by atoms with E-state index in [1.165, 1.54) is 11.3 Å². The number of carboxylic acid groups (broad SMARTS) is 1. The summed E-state index contributed by atoms with van der Waals surface area (Å²) < 4.78 is 0.961. The fourth-order valence-electron chi connectivity index (χ4n) is 1.65. The third kappa shape index (κ3) is 4.95. The molecule has 2 N–H and O–H groups in total. The van der Waals surface area contributed by atoms with Gasteiger partial charge < -0.3 is 10.4 Å². The van der Waals surface area contributed by atoms with Gasteiger partial charge in [0.1, 0.15) is 6.04 Å². The lowest BCUT2D eigenvalue weighted by molar-refractivity contribution is -0.142. The van der Waals surface area contributed by atoms with Crippen molar-refractivity contribution in [3.05, 3.63) is 20.8 Å². The van der Waals surface area contributed by atoms with Crippen LogP contribution < -0.4 is 5.32 Å². The van der Waals surface area contributed by atoms with Gasteiger partial charge in [0.25, 0.3) is 0 Å². The molecule has 1 aromatic heterocycles. The Morgan fingerprint density at radius 1 is 1.47 bits per heavy atom. The zero-order valence-electron chi connectivity index (χ0n) is 11.0. The van der Waals surface area contributed by atoms with E-state index in [1.807, 2.05) is 19.1 Å². The molecule has 0 aliphatic carbocycles. The van der Waals surface area contributed by atoms with Crippen molar-refractivity contribution in [1.82, 2.24) is 5.32 Å². The number of aliphatic carboxylic acids is 1. The van der Waals surface area contributed by atoms with E-state index in [1.54, 1.807) is 6.92 Å². The molecule has 0 fully saturated rings. The van der Waals surface area contributed by atoms with Crippen LogP contribution in [0.25, 0.3) is 0 Å². The van der Waals surface area contributed by atoms with Gasteiger partial charge in [0.2, 0.25) is 5.91 Å². The Morgan fingerprint density at radius 2 is 2.16 bits per heavy atom. The van der Waals surface area contributed by atoms with Crippen molar-refractivity contribution in [2.24, 2.45) is 0 Å². The maximum Gasteiger partial charge on any atom is 0.326 e. The average Bonchev–Trinajstić information content (AvgIpc) is 2.79. The van der Waals surface area contributed by atoms with Crippen molar-refractivity contribution in [2.45, 2.75) is 45.1 Å². The number of halogens is 1. The topological polar surface area (TPSA) is 66.4 Å². The summed E-state index contributed by atoms with van der Waals surface area (Å²) in [6.07, 6.45) is 2.17. The number of thiophene rings is 1. The van der Waals surface area contributed by atoms with E-state index in [4.69, 9.17) is 5.11 Å². The first-order valence-corrected chi connectivity index (χ1v) is 7.85. The first-order valence-electron chi connectivity index (χ1n) is 6.24. The van der Waals surface area contributed by atoms with Crippen molar-refractivity contribution in [3.8, 4) is 0 Å². The Balaban J connectivity index is 2.63. The van der Waals surface area contributed by atoms with Crippen LogP contribution in [-0.4, -0.2) is 23.0 Å². The van der Waals surface area contributed by atoms with Gasteiger partial charge in [0.05, 0.1) is 9.70 Å². The highest BCUT2D eigenvalue weighted by Gasteiger charge is 2.23. The van der Waals surface area contributed by atoms with Crippen LogP contribution in [0, 0.1) is 0 Å². The van der Waals surface area contributed by atoms with Crippen LogP contribution in [0.3, 0.4) is 0 Å². The van der Waals surface area contributed by atoms with Gasteiger partial charge >= 0.3 is 5.97 Å². The van der Waals surface area contributed by atoms with E-state index < -0.39 is 12.0 Å². The highest BCUT2D eigenvalue weighted by molar-refractivity contribution is 9.11. The Hall–Kier alpha value is -0.880. The van der Waals surface area contributed by atoms with Crippen molar-refractivity contribution in [1.29, 1.82) is 0 Å². The molecule has 0 radical (unpaired) electrons. The average molecular weight is 348 g/mol. The molecular weight excluding hydrogens is 330 g/mol. The molecule has 0 spiro atoms. The fraction of sp³-hybridized carbons (Fsp3) is 0.538. The molecule has 0 aromatic carbocycles. The summed E-state index contributed by atoms with van der Waals surface area (Å²) in [4.78, 5) is 24.1. The van der Waals surface area contributed by atoms with E-state index in [9.17, 15) is 9.59 Å². The number of carbonyl (C=O) groups excluding carboxylic acids is 1. The Kier molecular flexibility index (Phi) is 6.51. The standard InChI is InChI=1S/C13H18BrNO3S/c1-3-4-5-9(13(17)18)15-12(16)8(2)10-6-7-11(14)19-10/h6-9H,3-5H2,1-2H3,(H,15,16)(H,17,18)/t8?,9-/m0/s1. The van der Waals surface area contributed by atoms with E-state index >= 15 is 0 Å². The third-order valence-corrected chi connectivity index (χ3v) is 4.68. The maximum absolute atomic E-state index is 12.0.